The van der Waals surface area contributed by atoms with Crippen LogP contribution < -0.4 is 5.32 Å². The number of carbonyl (C=O) groups excluding carboxylic acids is 3. The van der Waals surface area contributed by atoms with Gasteiger partial charge in [0.1, 0.15) is 6.61 Å². The highest BCUT2D eigenvalue weighted by Crippen LogP contribution is 2.31. The number of fused-ring (bicyclic) bond motifs is 2. The van der Waals surface area contributed by atoms with Gasteiger partial charge in [0.05, 0.1) is 11.1 Å². The summed E-state index contributed by atoms with van der Waals surface area (Å²) in [5.74, 6) is -0.788. The molecule has 0 bridgehead atoms. The van der Waals surface area contributed by atoms with Gasteiger partial charge >= 0.3 is 5.97 Å². The number of benzene rings is 3. The first kappa shape index (κ1) is 19.3. The Morgan fingerprint density at radius 1 is 0.867 bits per heavy atom. The fraction of sp³-hybridized carbons (Fsp3) is 0.0800. The smallest absolute Gasteiger partial charge is 0.338 e. The lowest BCUT2D eigenvalue weighted by Crippen LogP contribution is -2.23. The number of hydrogen-bond acceptors (Lipinski definition) is 5. The summed E-state index contributed by atoms with van der Waals surface area (Å²) in [6.07, 6.45) is 1.70. The maximum Gasteiger partial charge on any atom is 0.338 e. The summed E-state index contributed by atoms with van der Waals surface area (Å²) < 4.78 is 5.29. The number of hydrogen-bond donors (Lipinski definition) is 1. The highest BCUT2D eigenvalue weighted by molar-refractivity contribution is 6.30. The molecule has 0 amide bonds. The maximum absolute atomic E-state index is 13.0. The molecular formula is C25H19NO4. The van der Waals surface area contributed by atoms with E-state index in [2.05, 4.69) is 11.9 Å². The van der Waals surface area contributed by atoms with Crippen LogP contribution in [0.3, 0.4) is 0 Å². The average molecular weight is 397 g/mol. The summed E-state index contributed by atoms with van der Waals surface area (Å²) in [6.45, 7) is 4.10. The van der Waals surface area contributed by atoms with Gasteiger partial charge in [0.15, 0.2) is 11.6 Å². The number of ketones is 2. The van der Waals surface area contributed by atoms with E-state index in [0.29, 0.717) is 40.0 Å². The Balaban J connectivity index is 1.44. The molecule has 0 radical (unpaired) electrons. The van der Waals surface area contributed by atoms with Gasteiger partial charge in [-0.2, -0.15) is 0 Å². The topological polar surface area (TPSA) is 72.5 Å². The van der Waals surface area contributed by atoms with Gasteiger partial charge in [0.2, 0.25) is 0 Å². The van der Waals surface area contributed by atoms with Gasteiger partial charge in [-0.15, -0.1) is 0 Å². The summed E-state index contributed by atoms with van der Waals surface area (Å²) in [6, 6.07) is 18.9. The van der Waals surface area contributed by atoms with Crippen LogP contribution in [0.1, 0.15) is 47.8 Å². The van der Waals surface area contributed by atoms with E-state index in [1.54, 1.807) is 72.8 Å². The van der Waals surface area contributed by atoms with Crippen LogP contribution in [0.2, 0.25) is 0 Å². The molecule has 0 saturated heterocycles. The Labute approximate surface area is 174 Å². The third kappa shape index (κ3) is 3.53. The fourth-order valence-corrected chi connectivity index (χ4v) is 3.46. The zero-order chi connectivity index (χ0) is 21.1. The van der Waals surface area contributed by atoms with E-state index in [1.165, 1.54) is 0 Å². The van der Waals surface area contributed by atoms with Gasteiger partial charge in [-0.3, -0.25) is 9.59 Å². The molecule has 1 aliphatic carbocycles. The normalized spacial score (nSPS) is 12.0. The van der Waals surface area contributed by atoms with Crippen LogP contribution in [0.15, 0.2) is 73.3 Å². The van der Waals surface area contributed by atoms with E-state index in [4.69, 9.17) is 4.74 Å². The predicted octanol–water partition coefficient (Wildman–Crippen LogP) is 4.37. The summed E-state index contributed by atoms with van der Waals surface area (Å²) >= 11 is 0. The second-order valence-electron chi connectivity index (χ2n) is 6.82. The molecule has 4 rings (SSSR count). The Morgan fingerprint density at radius 2 is 1.53 bits per heavy atom. The second kappa shape index (κ2) is 8.17. The standard InChI is InChI=1S/C25H19NO4/c1-2-16-10-12-17(13-11-16)25(29)30-15-14-26-21-9-5-8-20-22(21)24(28)19-7-4-3-6-18(19)23(20)27/h2-13,26H,1,14-15H2. The first-order valence-corrected chi connectivity index (χ1v) is 9.55. The van der Waals surface area contributed by atoms with Crippen molar-refractivity contribution >= 4 is 29.3 Å². The maximum atomic E-state index is 13.0. The lowest BCUT2D eigenvalue weighted by molar-refractivity contribution is 0.0520. The van der Waals surface area contributed by atoms with Crippen molar-refractivity contribution in [3.63, 3.8) is 0 Å². The van der Waals surface area contributed by atoms with Crippen LogP contribution in [-0.4, -0.2) is 30.7 Å². The number of esters is 1. The molecule has 148 valence electrons. The van der Waals surface area contributed by atoms with Crippen LogP contribution in [0.4, 0.5) is 5.69 Å². The van der Waals surface area contributed by atoms with E-state index in [1.807, 2.05) is 0 Å². The van der Waals surface area contributed by atoms with E-state index in [0.717, 1.165) is 5.56 Å². The van der Waals surface area contributed by atoms with Crippen molar-refractivity contribution in [3.8, 4) is 0 Å². The number of rotatable bonds is 6. The fourth-order valence-electron chi connectivity index (χ4n) is 3.46. The van der Waals surface area contributed by atoms with Crippen molar-refractivity contribution in [2.24, 2.45) is 0 Å². The van der Waals surface area contributed by atoms with Crippen LogP contribution in [0.5, 0.6) is 0 Å². The first-order chi connectivity index (χ1) is 14.6. The van der Waals surface area contributed by atoms with Gasteiger partial charge < -0.3 is 10.1 Å². The molecule has 1 aliphatic rings. The third-order valence-corrected chi connectivity index (χ3v) is 4.99. The molecule has 5 heteroatoms. The molecule has 0 aromatic heterocycles. The van der Waals surface area contributed by atoms with E-state index < -0.39 is 5.97 Å². The molecule has 30 heavy (non-hydrogen) atoms. The van der Waals surface area contributed by atoms with E-state index in [9.17, 15) is 14.4 Å². The van der Waals surface area contributed by atoms with Gasteiger partial charge in [0, 0.05) is 28.9 Å². The molecule has 0 heterocycles. The summed E-state index contributed by atoms with van der Waals surface area (Å²) in [5, 5.41) is 3.12. The van der Waals surface area contributed by atoms with Gasteiger partial charge in [-0.1, -0.05) is 61.2 Å². The quantitative estimate of drug-likeness (QED) is 0.386. The van der Waals surface area contributed by atoms with Crippen molar-refractivity contribution in [2.45, 2.75) is 0 Å². The minimum absolute atomic E-state index is 0.116. The van der Waals surface area contributed by atoms with Crippen molar-refractivity contribution in [2.75, 3.05) is 18.5 Å². The predicted molar refractivity (Wildman–Crippen MR) is 115 cm³/mol. The van der Waals surface area contributed by atoms with Crippen molar-refractivity contribution < 1.29 is 19.1 Å². The third-order valence-electron chi connectivity index (χ3n) is 4.99. The van der Waals surface area contributed by atoms with Crippen molar-refractivity contribution in [1.82, 2.24) is 0 Å². The minimum atomic E-state index is -0.428. The van der Waals surface area contributed by atoms with Crippen molar-refractivity contribution in [1.29, 1.82) is 0 Å². The highest BCUT2D eigenvalue weighted by Gasteiger charge is 2.31. The highest BCUT2D eigenvalue weighted by atomic mass is 16.5. The largest absolute Gasteiger partial charge is 0.460 e. The first-order valence-electron chi connectivity index (χ1n) is 9.55. The summed E-state index contributed by atoms with van der Waals surface area (Å²) in [7, 11) is 0. The van der Waals surface area contributed by atoms with Crippen molar-refractivity contribution in [3.05, 3.63) is 107 Å². The molecule has 3 aromatic carbocycles. The Morgan fingerprint density at radius 3 is 2.23 bits per heavy atom. The molecule has 0 aliphatic heterocycles. The number of ether oxygens (including phenoxy) is 1. The number of carbonyl (C=O) groups is 3. The van der Waals surface area contributed by atoms with Gasteiger partial charge in [-0.25, -0.2) is 4.79 Å². The zero-order valence-corrected chi connectivity index (χ0v) is 16.2. The Bertz CT molecular complexity index is 1160. The molecule has 3 aromatic rings. The molecule has 0 fully saturated rings. The lowest BCUT2D eigenvalue weighted by Gasteiger charge is -2.20. The molecular weight excluding hydrogens is 378 g/mol. The molecule has 0 spiro atoms. The molecule has 0 atom stereocenters. The van der Waals surface area contributed by atoms with E-state index >= 15 is 0 Å². The Kier molecular flexibility index (Phi) is 5.26. The van der Waals surface area contributed by atoms with Crippen LogP contribution >= 0.6 is 0 Å². The molecule has 5 nitrogen and oxygen atoms in total. The van der Waals surface area contributed by atoms with Crippen LogP contribution in [-0.2, 0) is 4.74 Å². The lowest BCUT2D eigenvalue weighted by atomic mass is 9.83. The molecule has 0 unspecified atom stereocenters. The molecule has 0 saturated carbocycles. The summed E-state index contributed by atoms with van der Waals surface area (Å²) in [4.78, 5) is 37.9. The van der Waals surface area contributed by atoms with E-state index in [-0.39, 0.29) is 18.2 Å². The average Bonchev–Trinajstić information content (AvgIpc) is 2.80. The van der Waals surface area contributed by atoms with Crippen LogP contribution in [0.25, 0.3) is 6.08 Å². The van der Waals surface area contributed by atoms with Gasteiger partial charge in [-0.05, 0) is 23.8 Å². The summed E-state index contributed by atoms with van der Waals surface area (Å²) in [5.41, 5.74) is 3.47. The zero-order valence-electron chi connectivity index (χ0n) is 16.2. The SMILES string of the molecule is C=Cc1ccc(C(=O)OCCNc2cccc3c2C(=O)c2ccccc2C3=O)cc1. The van der Waals surface area contributed by atoms with Gasteiger partial charge in [0.25, 0.3) is 0 Å². The minimum Gasteiger partial charge on any atom is -0.460 e. The number of anilines is 1. The monoisotopic (exact) mass is 397 g/mol. The molecule has 1 N–H and O–H groups in total. The number of nitrogens with one attached hydrogen (secondary N) is 1. The van der Waals surface area contributed by atoms with Crippen LogP contribution in [0, 0.1) is 0 Å². The second-order valence-corrected chi connectivity index (χ2v) is 6.82. The Hall–Kier alpha value is -3.99.